The number of aromatic nitrogens is 3. The van der Waals surface area contributed by atoms with E-state index in [2.05, 4.69) is 5.10 Å². The second-order valence-electron chi connectivity index (χ2n) is 4.74. The molecule has 0 spiro atoms. The number of aliphatic hydroxyl groups is 1. The minimum Gasteiger partial charge on any atom is -0.389 e. The molecule has 0 amide bonds. The molecule has 1 atom stereocenters. The van der Waals surface area contributed by atoms with E-state index in [4.69, 9.17) is 4.74 Å². The molecule has 0 radical (unpaired) electrons. The Kier molecular flexibility index (Phi) is 4.66. The Bertz CT molecular complexity index is 735. The fourth-order valence-corrected chi connectivity index (χ4v) is 2.00. The maximum Gasteiger partial charge on any atom is 0.352 e. The summed E-state index contributed by atoms with van der Waals surface area (Å²) in [6.07, 6.45) is 0.122. The van der Waals surface area contributed by atoms with Crippen molar-refractivity contribution in [2.75, 3.05) is 13.7 Å². The average molecular weight is 291 g/mol. The van der Waals surface area contributed by atoms with Gasteiger partial charge in [-0.05, 0) is 24.6 Å². The smallest absolute Gasteiger partial charge is 0.352 e. The summed E-state index contributed by atoms with van der Waals surface area (Å²) in [5.74, 6) is 0. The number of aryl methyl sites for hydroxylation is 1. The highest BCUT2D eigenvalue weighted by atomic mass is 16.5. The third-order valence-corrected chi connectivity index (χ3v) is 2.96. The van der Waals surface area contributed by atoms with Crippen LogP contribution in [-0.2, 0) is 11.3 Å². The van der Waals surface area contributed by atoms with E-state index in [-0.39, 0.29) is 13.2 Å². The van der Waals surface area contributed by atoms with Crippen LogP contribution in [0.15, 0.2) is 40.1 Å². The van der Waals surface area contributed by atoms with Gasteiger partial charge in [-0.1, -0.05) is 12.1 Å². The Morgan fingerprint density at radius 2 is 2.14 bits per heavy atom. The molecule has 7 heteroatoms. The molecule has 1 aromatic carbocycles. The van der Waals surface area contributed by atoms with Crippen molar-refractivity contribution in [3.63, 3.8) is 0 Å². The van der Waals surface area contributed by atoms with Crippen LogP contribution in [-0.4, -0.2) is 39.3 Å². The Morgan fingerprint density at radius 1 is 1.38 bits per heavy atom. The summed E-state index contributed by atoms with van der Waals surface area (Å²) < 4.78 is 6.87. The summed E-state index contributed by atoms with van der Waals surface area (Å²) in [4.78, 5) is 24.1. The first kappa shape index (κ1) is 15.1. The summed E-state index contributed by atoms with van der Waals surface area (Å²) in [6.45, 7) is 1.80. The van der Waals surface area contributed by atoms with E-state index >= 15 is 0 Å². The molecule has 2 aromatic rings. The summed E-state index contributed by atoms with van der Waals surface area (Å²) in [6, 6.07) is 7.21. The number of hydrogen-bond acceptors (Lipinski definition) is 5. The van der Waals surface area contributed by atoms with E-state index in [9.17, 15) is 14.7 Å². The minimum absolute atomic E-state index is 0.0403. The van der Waals surface area contributed by atoms with E-state index in [1.807, 2.05) is 13.0 Å². The van der Waals surface area contributed by atoms with Gasteiger partial charge in [0, 0.05) is 7.11 Å². The van der Waals surface area contributed by atoms with Gasteiger partial charge in [-0.15, -0.1) is 0 Å². The van der Waals surface area contributed by atoms with E-state index in [0.29, 0.717) is 5.69 Å². The molecule has 112 valence electrons. The van der Waals surface area contributed by atoms with Gasteiger partial charge in [-0.2, -0.15) is 9.78 Å². The monoisotopic (exact) mass is 291 g/mol. The van der Waals surface area contributed by atoms with Crippen molar-refractivity contribution in [3.05, 3.63) is 56.9 Å². The summed E-state index contributed by atoms with van der Waals surface area (Å²) in [5, 5.41) is 13.6. The van der Waals surface area contributed by atoms with Crippen molar-refractivity contribution in [1.82, 2.24) is 14.3 Å². The quantitative estimate of drug-likeness (QED) is 0.818. The highest BCUT2D eigenvalue weighted by Crippen LogP contribution is 2.05. The lowest BCUT2D eigenvalue weighted by Gasteiger charge is -2.12. The van der Waals surface area contributed by atoms with Crippen LogP contribution in [0.4, 0.5) is 0 Å². The van der Waals surface area contributed by atoms with Gasteiger partial charge >= 0.3 is 5.69 Å². The van der Waals surface area contributed by atoms with Crippen molar-refractivity contribution in [2.24, 2.45) is 0 Å². The zero-order valence-electron chi connectivity index (χ0n) is 11.9. The number of hydrogen-bond donors (Lipinski definition) is 1. The van der Waals surface area contributed by atoms with Gasteiger partial charge in [0.05, 0.1) is 24.9 Å². The van der Waals surface area contributed by atoms with E-state index in [0.717, 1.165) is 21.0 Å². The van der Waals surface area contributed by atoms with Gasteiger partial charge in [0.2, 0.25) is 0 Å². The third-order valence-electron chi connectivity index (χ3n) is 2.96. The van der Waals surface area contributed by atoms with E-state index in [1.54, 1.807) is 18.2 Å². The second-order valence-corrected chi connectivity index (χ2v) is 4.74. The molecule has 7 nitrogen and oxygen atoms in total. The number of aliphatic hydroxyl groups excluding tert-OH is 1. The molecule has 1 aromatic heterocycles. The van der Waals surface area contributed by atoms with Crippen LogP contribution >= 0.6 is 0 Å². The summed E-state index contributed by atoms with van der Waals surface area (Å²) in [7, 11) is 1.43. The van der Waals surface area contributed by atoms with Crippen LogP contribution < -0.4 is 11.2 Å². The average Bonchev–Trinajstić information content (AvgIpc) is 2.44. The first-order valence-electron chi connectivity index (χ1n) is 6.46. The third kappa shape index (κ3) is 3.45. The minimum atomic E-state index is -0.936. The molecular weight excluding hydrogens is 274 g/mol. The van der Waals surface area contributed by atoms with E-state index in [1.165, 1.54) is 7.11 Å². The number of ether oxygens (including phenoxy) is 1. The Morgan fingerprint density at radius 3 is 2.81 bits per heavy atom. The fourth-order valence-electron chi connectivity index (χ4n) is 2.00. The summed E-state index contributed by atoms with van der Waals surface area (Å²) >= 11 is 0. The van der Waals surface area contributed by atoms with Gasteiger partial charge in [-0.25, -0.2) is 4.79 Å². The fraction of sp³-hybridized carbons (Fsp3) is 0.357. The maximum atomic E-state index is 12.4. The molecule has 0 unspecified atom stereocenters. The number of rotatable bonds is 5. The topological polar surface area (TPSA) is 86.3 Å². The second kappa shape index (κ2) is 6.47. The van der Waals surface area contributed by atoms with Crippen molar-refractivity contribution < 1.29 is 9.84 Å². The van der Waals surface area contributed by atoms with Crippen molar-refractivity contribution in [3.8, 4) is 5.69 Å². The molecule has 21 heavy (non-hydrogen) atoms. The first-order valence-corrected chi connectivity index (χ1v) is 6.46. The number of methoxy groups -OCH3 is 1. The van der Waals surface area contributed by atoms with Gasteiger partial charge in [0.25, 0.3) is 5.56 Å². The molecule has 0 fully saturated rings. The Balaban J connectivity index is 2.47. The predicted octanol–water partition coefficient (Wildman–Crippen LogP) is -0.290. The van der Waals surface area contributed by atoms with Crippen molar-refractivity contribution in [1.29, 1.82) is 0 Å². The first-order chi connectivity index (χ1) is 10.0. The molecule has 0 saturated carbocycles. The van der Waals surface area contributed by atoms with Gasteiger partial charge in [-0.3, -0.25) is 9.36 Å². The zero-order valence-corrected chi connectivity index (χ0v) is 11.9. The normalized spacial score (nSPS) is 12.3. The highest BCUT2D eigenvalue weighted by molar-refractivity contribution is 5.33. The SMILES string of the molecule is COC[C@H](O)Cn1c(=O)cnn(-c2cccc(C)c2)c1=O. The van der Waals surface area contributed by atoms with E-state index < -0.39 is 17.4 Å². The predicted molar refractivity (Wildman–Crippen MR) is 76.7 cm³/mol. The van der Waals surface area contributed by atoms with Crippen LogP contribution in [0.2, 0.25) is 0 Å². The van der Waals surface area contributed by atoms with Crippen LogP contribution in [0.1, 0.15) is 5.56 Å². The molecule has 0 bridgehead atoms. The Labute approximate surface area is 121 Å². The van der Waals surface area contributed by atoms with Crippen molar-refractivity contribution >= 4 is 0 Å². The molecule has 2 rings (SSSR count). The van der Waals surface area contributed by atoms with Crippen LogP contribution in [0.5, 0.6) is 0 Å². The van der Waals surface area contributed by atoms with Crippen LogP contribution in [0.25, 0.3) is 5.69 Å². The van der Waals surface area contributed by atoms with Gasteiger partial charge in [0.15, 0.2) is 0 Å². The lowest BCUT2D eigenvalue weighted by atomic mass is 10.2. The van der Waals surface area contributed by atoms with Crippen LogP contribution in [0.3, 0.4) is 0 Å². The lowest BCUT2D eigenvalue weighted by Crippen LogP contribution is -2.43. The molecule has 0 aliphatic heterocycles. The highest BCUT2D eigenvalue weighted by Gasteiger charge is 2.12. The zero-order chi connectivity index (χ0) is 15.4. The standard InChI is InChI=1S/C14H17N3O4/c1-10-4-3-5-11(6-10)17-14(20)16(13(19)7-15-17)8-12(18)9-21-2/h3-7,12,18H,8-9H2,1-2H3/t12-/m1/s1. The van der Waals surface area contributed by atoms with Crippen molar-refractivity contribution in [2.45, 2.75) is 19.6 Å². The molecule has 0 saturated heterocycles. The number of nitrogens with zero attached hydrogens (tertiary/aromatic N) is 3. The molecule has 1 heterocycles. The Hall–Kier alpha value is -2.25. The van der Waals surface area contributed by atoms with Gasteiger partial charge in [0.1, 0.15) is 6.20 Å². The molecule has 0 aliphatic carbocycles. The molecule has 0 aliphatic rings. The summed E-state index contributed by atoms with van der Waals surface area (Å²) in [5.41, 5.74) is 0.385. The van der Waals surface area contributed by atoms with Gasteiger partial charge < -0.3 is 9.84 Å². The van der Waals surface area contributed by atoms with Crippen LogP contribution in [0, 0.1) is 6.92 Å². The largest absolute Gasteiger partial charge is 0.389 e. The molecule has 1 N–H and O–H groups in total. The molecular formula is C14H17N3O4. The number of benzene rings is 1. The maximum absolute atomic E-state index is 12.4. The lowest BCUT2D eigenvalue weighted by molar-refractivity contribution is 0.0519.